The first kappa shape index (κ1) is 6.22. The molecule has 2 N–H and O–H groups in total. The van der Waals surface area contributed by atoms with Crippen molar-refractivity contribution in [3.8, 4) is 0 Å². The molecule has 0 unspecified atom stereocenters. The number of para-hydroxylation sites is 1. The largest absolute Gasteiger partial charge is 0.298 e. The molecule has 11 heavy (non-hydrogen) atoms. The fraction of sp³-hybridized carbons (Fsp3) is 0.125. The molecule has 0 radical (unpaired) electrons. The van der Waals surface area contributed by atoms with Gasteiger partial charge in [-0.15, -0.1) is 0 Å². The van der Waals surface area contributed by atoms with E-state index in [0.29, 0.717) is 6.42 Å². The van der Waals surface area contributed by atoms with Crippen LogP contribution in [0.5, 0.6) is 0 Å². The van der Waals surface area contributed by atoms with Gasteiger partial charge in [-0.25, -0.2) is 0 Å². The Morgan fingerprint density at radius 3 is 2.91 bits per heavy atom. The van der Waals surface area contributed by atoms with Crippen LogP contribution in [-0.2, 0) is 11.2 Å². The smallest absolute Gasteiger partial charge is 0.242 e. The summed E-state index contributed by atoms with van der Waals surface area (Å²) in [5.74, 6) is 0.0173. The minimum Gasteiger partial charge on any atom is -0.298 e. The minimum atomic E-state index is 0.0173. The van der Waals surface area contributed by atoms with Crippen LogP contribution < -0.4 is 10.9 Å². The van der Waals surface area contributed by atoms with Crippen molar-refractivity contribution in [2.45, 2.75) is 6.42 Å². The van der Waals surface area contributed by atoms with Gasteiger partial charge in [-0.1, -0.05) is 18.2 Å². The number of hydrogen-bond donors (Lipinski definition) is 2. The van der Waals surface area contributed by atoms with E-state index in [1.54, 1.807) is 0 Å². The predicted molar refractivity (Wildman–Crippen MR) is 41.9 cm³/mol. The molecule has 1 heterocycles. The molecule has 1 amide bonds. The maximum Gasteiger partial charge on any atom is 0.242 e. The molecule has 1 aliphatic heterocycles. The van der Waals surface area contributed by atoms with Gasteiger partial charge in [0.25, 0.3) is 0 Å². The Morgan fingerprint density at radius 1 is 1.18 bits per heavy atom. The van der Waals surface area contributed by atoms with Crippen LogP contribution in [-0.4, -0.2) is 5.91 Å². The van der Waals surface area contributed by atoms with Crippen molar-refractivity contribution in [3.63, 3.8) is 0 Å². The van der Waals surface area contributed by atoms with Gasteiger partial charge in [-0.3, -0.25) is 15.6 Å². The highest BCUT2D eigenvalue weighted by Crippen LogP contribution is 2.16. The summed E-state index contributed by atoms with van der Waals surface area (Å²) in [5, 5.41) is 0. The van der Waals surface area contributed by atoms with E-state index in [1.807, 2.05) is 24.3 Å². The highest BCUT2D eigenvalue weighted by atomic mass is 16.2. The monoisotopic (exact) mass is 148 g/mol. The van der Waals surface area contributed by atoms with E-state index in [0.717, 1.165) is 11.3 Å². The summed E-state index contributed by atoms with van der Waals surface area (Å²) in [6, 6.07) is 7.75. The molecule has 0 atom stereocenters. The van der Waals surface area contributed by atoms with Crippen LogP contribution in [0.25, 0.3) is 0 Å². The predicted octanol–water partition coefficient (Wildman–Crippen LogP) is 0.686. The Kier molecular flexibility index (Phi) is 1.28. The molecule has 0 aromatic heterocycles. The first-order chi connectivity index (χ1) is 5.36. The Morgan fingerprint density at radius 2 is 2.00 bits per heavy atom. The molecular weight excluding hydrogens is 140 g/mol. The lowest BCUT2D eigenvalue weighted by Gasteiger charge is -2.17. The average molecular weight is 148 g/mol. The summed E-state index contributed by atoms with van der Waals surface area (Å²) in [6.07, 6.45) is 0.475. The van der Waals surface area contributed by atoms with Crippen molar-refractivity contribution in [3.05, 3.63) is 29.8 Å². The zero-order valence-electron chi connectivity index (χ0n) is 5.92. The third kappa shape index (κ3) is 1.05. The number of hydrogen-bond acceptors (Lipinski definition) is 2. The summed E-state index contributed by atoms with van der Waals surface area (Å²) in [6.45, 7) is 0. The van der Waals surface area contributed by atoms with Gasteiger partial charge in [0, 0.05) is 0 Å². The molecule has 3 nitrogen and oxygen atoms in total. The minimum absolute atomic E-state index is 0.0173. The second kappa shape index (κ2) is 2.27. The number of amides is 1. The quantitative estimate of drug-likeness (QED) is 0.568. The highest BCUT2D eigenvalue weighted by Gasteiger charge is 2.11. The molecule has 0 fully saturated rings. The van der Waals surface area contributed by atoms with Crippen molar-refractivity contribution in [1.29, 1.82) is 0 Å². The summed E-state index contributed by atoms with van der Waals surface area (Å²) < 4.78 is 0. The van der Waals surface area contributed by atoms with Crippen molar-refractivity contribution in [2.24, 2.45) is 0 Å². The van der Waals surface area contributed by atoms with Gasteiger partial charge in [0.2, 0.25) is 5.91 Å². The zero-order chi connectivity index (χ0) is 7.68. The Balaban J connectivity index is 2.41. The Hall–Kier alpha value is -1.51. The second-order valence-electron chi connectivity index (χ2n) is 2.51. The SMILES string of the molecule is O=C1Cc2ccccc2NN1. The molecule has 1 aromatic carbocycles. The number of nitrogens with one attached hydrogen (secondary N) is 2. The van der Waals surface area contributed by atoms with E-state index >= 15 is 0 Å². The summed E-state index contributed by atoms with van der Waals surface area (Å²) >= 11 is 0. The van der Waals surface area contributed by atoms with Crippen LogP contribution in [0.4, 0.5) is 5.69 Å². The van der Waals surface area contributed by atoms with Crippen molar-refractivity contribution in [1.82, 2.24) is 5.43 Å². The first-order valence-corrected chi connectivity index (χ1v) is 3.49. The first-order valence-electron chi connectivity index (χ1n) is 3.49. The average Bonchev–Trinajstić information content (AvgIpc) is 2.04. The van der Waals surface area contributed by atoms with Gasteiger partial charge < -0.3 is 0 Å². The molecule has 0 aliphatic carbocycles. The third-order valence-electron chi connectivity index (χ3n) is 1.70. The van der Waals surface area contributed by atoms with Crippen molar-refractivity contribution >= 4 is 11.6 Å². The number of carbonyl (C=O) groups excluding carboxylic acids is 1. The molecule has 2 rings (SSSR count). The van der Waals surface area contributed by atoms with Crippen LogP contribution in [0.3, 0.4) is 0 Å². The number of benzene rings is 1. The van der Waals surface area contributed by atoms with Gasteiger partial charge in [0.05, 0.1) is 12.1 Å². The summed E-state index contributed by atoms with van der Waals surface area (Å²) in [4.78, 5) is 10.9. The second-order valence-corrected chi connectivity index (χ2v) is 2.51. The van der Waals surface area contributed by atoms with Gasteiger partial charge in [0.1, 0.15) is 0 Å². The van der Waals surface area contributed by atoms with Crippen molar-refractivity contribution < 1.29 is 4.79 Å². The molecule has 0 bridgehead atoms. The van der Waals surface area contributed by atoms with E-state index in [-0.39, 0.29) is 5.91 Å². The van der Waals surface area contributed by atoms with Crippen LogP contribution >= 0.6 is 0 Å². The number of carbonyl (C=O) groups is 1. The lowest BCUT2D eigenvalue weighted by Crippen LogP contribution is -2.35. The molecule has 0 saturated heterocycles. The molecule has 1 aromatic rings. The molecule has 1 aliphatic rings. The number of rotatable bonds is 0. The lowest BCUT2D eigenvalue weighted by atomic mass is 10.1. The van der Waals surface area contributed by atoms with E-state index < -0.39 is 0 Å². The summed E-state index contributed by atoms with van der Waals surface area (Å²) in [5.41, 5.74) is 7.41. The Bertz CT molecular complexity index is 296. The zero-order valence-corrected chi connectivity index (χ0v) is 5.92. The highest BCUT2D eigenvalue weighted by molar-refractivity contribution is 5.84. The number of hydrazine groups is 1. The normalized spacial score (nSPS) is 14.7. The third-order valence-corrected chi connectivity index (χ3v) is 1.70. The van der Waals surface area contributed by atoms with Crippen LogP contribution in [0.15, 0.2) is 24.3 Å². The molecular formula is C8H8N2O. The molecule has 0 saturated carbocycles. The molecule has 56 valence electrons. The van der Waals surface area contributed by atoms with E-state index in [1.165, 1.54) is 0 Å². The topological polar surface area (TPSA) is 41.1 Å². The van der Waals surface area contributed by atoms with Crippen molar-refractivity contribution in [2.75, 3.05) is 5.43 Å². The lowest BCUT2D eigenvalue weighted by molar-refractivity contribution is -0.120. The number of fused-ring (bicyclic) bond motifs is 1. The fourth-order valence-electron chi connectivity index (χ4n) is 1.15. The standard InChI is InChI=1S/C8H8N2O/c11-8-5-6-3-1-2-4-7(6)9-10-8/h1-4,9H,5H2,(H,10,11). The molecule has 3 heteroatoms. The fourth-order valence-corrected chi connectivity index (χ4v) is 1.15. The maximum absolute atomic E-state index is 10.9. The van der Waals surface area contributed by atoms with Crippen LogP contribution in [0.1, 0.15) is 5.56 Å². The van der Waals surface area contributed by atoms with E-state index in [9.17, 15) is 4.79 Å². The summed E-state index contributed by atoms with van der Waals surface area (Å²) in [7, 11) is 0. The molecule has 0 spiro atoms. The maximum atomic E-state index is 10.9. The van der Waals surface area contributed by atoms with Crippen LogP contribution in [0, 0.1) is 0 Å². The van der Waals surface area contributed by atoms with Gasteiger partial charge >= 0.3 is 0 Å². The van der Waals surface area contributed by atoms with Gasteiger partial charge in [-0.2, -0.15) is 0 Å². The Labute approximate surface area is 64.4 Å². The van der Waals surface area contributed by atoms with Gasteiger partial charge in [-0.05, 0) is 11.6 Å². The van der Waals surface area contributed by atoms with Crippen LogP contribution in [0.2, 0.25) is 0 Å². The van der Waals surface area contributed by atoms with E-state index in [2.05, 4.69) is 10.9 Å². The van der Waals surface area contributed by atoms with E-state index in [4.69, 9.17) is 0 Å². The number of anilines is 1. The van der Waals surface area contributed by atoms with Gasteiger partial charge in [0.15, 0.2) is 0 Å².